The molecule has 0 aliphatic carbocycles. The fourth-order valence-electron chi connectivity index (χ4n) is 1.54. The van der Waals surface area contributed by atoms with Crippen molar-refractivity contribution < 1.29 is 0 Å². The number of aromatic amines is 1. The van der Waals surface area contributed by atoms with Gasteiger partial charge >= 0.3 is 0 Å². The van der Waals surface area contributed by atoms with E-state index in [1.165, 1.54) is 11.3 Å². The second kappa shape index (κ2) is 3.79. The Morgan fingerprint density at radius 3 is 2.88 bits per heavy atom. The molecule has 0 atom stereocenters. The van der Waals surface area contributed by atoms with Crippen molar-refractivity contribution in [1.82, 2.24) is 19.9 Å². The predicted octanol–water partition coefficient (Wildman–Crippen LogP) is 1.12. The molecule has 0 radical (unpaired) electrons. The molecular formula is C10H10N6S. The van der Waals surface area contributed by atoms with Gasteiger partial charge in [0.2, 0.25) is 0 Å². The first-order valence-electron chi connectivity index (χ1n) is 5.03. The van der Waals surface area contributed by atoms with Crippen LogP contribution in [-0.4, -0.2) is 19.9 Å². The average Bonchev–Trinajstić information content (AvgIpc) is 2.93. The number of nitrogens with zero attached hydrogens (tertiary/aromatic N) is 3. The zero-order valence-electron chi connectivity index (χ0n) is 8.84. The Morgan fingerprint density at radius 1 is 1.24 bits per heavy atom. The van der Waals surface area contributed by atoms with Gasteiger partial charge in [-0.2, -0.15) is 0 Å². The monoisotopic (exact) mass is 246 g/mol. The van der Waals surface area contributed by atoms with Crippen LogP contribution in [0.15, 0.2) is 17.5 Å². The number of rotatable bonds is 2. The average molecular weight is 246 g/mol. The van der Waals surface area contributed by atoms with Gasteiger partial charge in [0.25, 0.3) is 0 Å². The van der Waals surface area contributed by atoms with Crippen LogP contribution in [0.25, 0.3) is 22.7 Å². The highest BCUT2D eigenvalue weighted by Crippen LogP contribution is 2.21. The Kier molecular flexibility index (Phi) is 2.27. The van der Waals surface area contributed by atoms with Gasteiger partial charge in [-0.3, -0.25) is 0 Å². The summed E-state index contributed by atoms with van der Waals surface area (Å²) in [6.45, 7) is 0.441. The van der Waals surface area contributed by atoms with E-state index in [0.29, 0.717) is 23.8 Å². The van der Waals surface area contributed by atoms with Gasteiger partial charge in [-0.05, 0) is 12.1 Å². The molecule has 0 unspecified atom stereocenters. The first-order valence-corrected chi connectivity index (χ1v) is 5.91. The fraction of sp³-hybridized carbons (Fsp3) is 0.100. The summed E-state index contributed by atoms with van der Waals surface area (Å²) in [4.78, 5) is 16.0. The maximum atomic E-state index is 5.60. The van der Waals surface area contributed by atoms with Crippen LogP contribution in [0.3, 0.4) is 0 Å². The van der Waals surface area contributed by atoms with Crippen LogP contribution in [-0.2, 0) is 6.54 Å². The van der Waals surface area contributed by atoms with Crippen LogP contribution in [0, 0.1) is 0 Å². The number of fused-ring (bicyclic) bond motifs is 1. The maximum absolute atomic E-state index is 5.60. The Balaban J connectivity index is 2.11. The van der Waals surface area contributed by atoms with Crippen molar-refractivity contribution in [3.05, 3.63) is 22.5 Å². The molecule has 17 heavy (non-hydrogen) atoms. The van der Waals surface area contributed by atoms with Crippen molar-refractivity contribution in [2.75, 3.05) is 5.73 Å². The Labute approximate surface area is 101 Å². The van der Waals surface area contributed by atoms with Crippen molar-refractivity contribution in [3.8, 4) is 11.5 Å². The van der Waals surface area contributed by atoms with E-state index < -0.39 is 0 Å². The standard InChI is InChI=1S/C10H10N6S/c11-3-8-13-6(4-17-8)10-14-5-1-2-7(12)15-9(5)16-10/h1-2,4H,3,11H2,(H3,12,14,15,16). The lowest BCUT2D eigenvalue weighted by molar-refractivity contribution is 1.04. The molecule has 0 aliphatic heterocycles. The minimum Gasteiger partial charge on any atom is -0.384 e. The van der Waals surface area contributed by atoms with Gasteiger partial charge in [-0.15, -0.1) is 11.3 Å². The zero-order valence-corrected chi connectivity index (χ0v) is 9.66. The van der Waals surface area contributed by atoms with E-state index in [-0.39, 0.29) is 0 Å². The van der Waals surface area contributed by atoms with Crippen molar-refractivity contribution in [2.45, 2.75) is 6.54 Å². The summed E-state index contributed by atoms with van der Waals surface area (Å²) in [7, 11) is 0. The van der Waals surface area contributed by atoms with Crippen LogP contribution < -0.4 is 11.5 Å². The molecule has 0 saturated heterocycles. The van der Waals surface area contributed by atoms with E-state index in [1.54, 1.807) is 6.07 Å². The minimum atomic E-state index is 0.441. The van der Waals surface area contributed by atoms with Crippen LogP contribution >= 0.6 is 11.3 Å². The number of H-pyrrole nitrogens is 1. The van der Waals surface area contributed by atoms with E-state index in [1.807, 2.05) is 11.4 Å². The fourth-order valence-corrected chi connectivity index (χ4v) is 2.20. The molecule has 6 nitrogen and oxygen atoms in total. The summed E-state index contributed by atoms with van der Waals surface area (Å²) in [5.74, 6) is 1.14. The molecule has 0 amide bonds. The van der Waals surface area contributed by atoms with Crippen LogP contribution in [0.4, 0.5) is 5.82 Å². The third-order valence-electron chi connectivity index (χ3n) is 2.34. The zero-order chi connectivity index (χ0) is 11.8. The Morgan fingerprint density at radius 2 is 2.12 bits per heavy atom. The molecule has 0 spiro atoms. The van der Waals surface area contributed by atoms with Gasteiger partial charge in [0, 0.05) is 11.9 Å². The van der Waals surface area contributed by atoms with E-state index in [9.17, 15) is 0 Å². The summed E-state index contributed by atoms with van der Waals surface area (Å²) in [6, 6.07) is 3.58. The highest BCUT2D eigenvalue weighted by Gasteiger charge is 2.09. The number of hydrogen-bond acceptors (Lipinski definition) is 6. The lowest BCUT2D eigenvalue weighted by Gasteiger charge is -1.88. The summed E-state index contributed by atoms with van der Waals surface area (Å²) >= 11 is 1.52. The molecule has 5 N–H and O–H groups in total. The topological polar surface area (TPSA) is 106 Å². The molecule has 3 aromatic rings. The third-order valence-corrected chi connectivity index (χ3v) is 3.21. The molecule has 0 aromatic carbocycles. The number of thiazole rings is 1. The number of hydrogen-bond donors (Lipinski definition) is 3. The van der Waals surface area contributed by atoms with Crippen molar-refractivity contribution >= 4 is 28.3 Å². The van der Waals surface area contributed by atoms with E-state index in [2.05, 4.69) is 19.9 Å². The van der Waals surface area contributed by atoms with Crippen LogP contribution in [0.1, 0.15) is 5.01 Å². The second-order valence-electron chi connectivity index (χ2n) is 3.52. The van der Waals surface area contributed by atoms with Crippen molar-refractivity contribution in [3.63, 3.8) is 0 Å². The first kappa shape index (κ1) is 10.2. The van der Waals surface area contributed by atoms with Crippen molar-refractivity contribution in [2.24, 2.45) is 5.73 Å². The highest BCUT2D eigenvalue weighted by molar-refractivity contribution is 7.09. The maximum Gasteiger partial charge on any atom is 0.180 e. The number of nitrogens with two attached hydrogens (primary N) is 2. The summed E-state index contributed by atoms with van der Waals surface area (Å²) in [5.41, 5.74) is 13.4. The SMILES string of the molecule is NCc1nc(-c2nc3nc(N)ccc3[nH]2)cs1. The van der Waals surface area contributed by atoms with Gasteiger partial charge in [0.1, 0.15) is 16.5 Å². The summed E-state index contributed by atoms with van der Waals surface area (Å²) < 4.78 is 0. The molecule has 0 bridgehead atoms. The van der Waals surface area contributed by atoms with Crippen LogP contribution in [0.2, 0.25) is 0 Å². The normalized spacial score (nSPS) is 11.1. The number of imidazole rings is 1. The lowest BCUT2D eigenvalue weighted by atomic mass is 10.4. The molecule has 3 rings (SSSR count). The lowest BCUT2D eigenvalue weighted by Crippen LogP contribution is -1.94. The first-order chi connectivity index (χ1) is 8.26. The minimum absolute atomic E-state index is 0.441. The quantitative estimate of drug-likeness (QED) is 0.628. The molecule has 0 saturated carbocycles. The van der Waals surface area contributed by atoms with E-state index >= 15 is 0 Å². The molecule has 3 aromatic heterocycles. The smallest absolute Gasteiger partial charge is 0.180 e. The number of aromatic nitrogens is 4. The summed E-state index contributed by atoms with van der Waals surface area (Å²) in [6.07, 6.45) is 0. The Bertz CT molecular complexity index is 670. The van der Waals surface area contributed by atoms with Gasteiger partial charge < -0.3 is 16.5 Å². The van der Waals surface area contributed by atoms with E-state index in [4.69, 9.17) is 11.5 Å². The third kappa shape index (κ3) is 1.75. The number of nitrogen functional groups attached to an aromatic ring is 1. The van der Waals surface area contributed by atoms with Crippen LogP contribution in [0.5, 0.6) is 0 Å². The molecule has 7 heteroatoms. The molecule has 0 fully saturated rings. The Hall–Kier alpha value is -1.99. The van der Waals surface area contributed by atoms with Crippen molar-refractivity contribution in [1.29, 1.82) is 0 Å². The molecule has 3 heterocycles. The molecular weight excluding hydrogens is 236 g/mol. The number of anilines is 1. The number of nitrogens with one attached hydrogen (secondary N) is 1. The predicted molar refractivity (Wildman–Crippen MR) is 67.3 cm³/mol. The van der Waals surface area contributed by atoms with Gasteiger partial charge in [-0.1, -0.05) is 0 Å². The molecule has 0 aliphatic rings. The summed E-state index contributed by atoms with van der Waals surface area (Å²) in [5, 5.41) is 2.80. The van der Waals surface area contributed by atoms with Gasteiger partial charge in [0.05, 0.1) is 5.52 Å². The highest BCUT2D eigenvalue weighted by atomic mass is 32.1. The van der Waals surface area contributed by atoms with Gasteiger partial charge in [-0.25, -0.2) is 15.0 Å². The van der Waals surface area contributed by atoms with Gasteiger partial charge in [0.15, 0.2) is 11.5 Å². The number of pyridine rings is 1. The molecule has 86 valence electrons. The largest absolute Gasteiger partial charge is 0.384 e. The van der Waals surface area contributed by atoms with E-state index in [0.717, 1.165) is 16.2 Å². The second-order valence-corrected chi connectivity index (χ2v) is 4.47.